The highest BCUT2D eigenvalue weighted by molar-refractivity contribution is 7.09. The van der Waals surface area contributed by atoms with Crippen LogP contribution in [0.5, 0.6) is 0 Å². The molecular weight excluding hydrogens is 396 g/mol. The van der Waals surface area contributed by atoms with Crippen LogP contribution in [0.1, 0.15) is 29.8 Å². The van der Waals surface area contributed by atoms with Crippen molar-refractivity contribution in [2.45, 2.75) is 25.8 Å². The second kappa shape index (κ2) is 9.45. The Kier molecular flexibility index (Phi) is 6.29. The molecular formula is C23H22N4O2S. The molecule has 4 rings (SSSR count). The third-order valence-electron chi connectivity index (χ3n) is 4.82. The van der Waals surface area contributed by atoms with Gasteiger partial charge in [0.05, 0.1) is 24.5 Å². The zero-order valence-electron chi connectivity index (χ0n) is 16.5. The molecule has 2 amide bonds. The molecule has 2 aromatic carbocycles. The maximum absolute atomic E-state index is 12.4. The number of aromatic nitrogens is 1. The minimum atomic E-state index is -0.161. The van der Waals surface area contributed by atoms with Crippen LogP contribution in [-0.4, -0.2) is 34.1 Å². The van der Waals surface area contributed by atoms with Gasteiger partial charge in [-0.15, -0.1) is 11.3 Å². The van der Waals surface area contributed by atoms with Crippen LogP contribution < -0.4 is 5.32 Å². The maximum Gasteiger partial charge on any atom is 0.243 e. The van der Waals surface area contributed by atoms with Gasteiger partial charge in [-0.3, -0.25) is 9.59 Å². The molecule has 1 aromatic heterocycles. The van der Waals surface area contributed by atoms with Crippen molar-refractivity contribution in [2.24, 2.45) is 5.10 Å². The minimum Gasteiger partial charge on any atom is -0.350 e. The number of amides is 2. The summed E-state index contributed by atoms with van der Waals surface area (Å²) >= 11 is 1.51. The molecule has 3 aromatic rings. The number of hydrazone groups is 1. The van der Waals surface area contributed by atoms with Crippen molar-refractivity contribution in [3.8, 4) is 11.3 Å². The van der Waals surface area contributed by atoms with E-state index in [9.17, 15) is 9.59 Å². The lowest BCUT2D eigenvalue weighted by atomic mass is 10.1. The highest BCUT2D eigenvalue weighted by atomic mass is 32.1. The van der Waals surface area contributed by atoms with E-state index in [0.717, 1.165) is 34.0 Å². The summed E-state index contributed by atoms with van der Waals surface area (Å²) < 4.78 is 0. The number of carbonyl (C=O) groups excluding carboxylic acids is 2. The van der Waals surface area contributed by atoms with Crippen LogP contribution in [0.3, 0.4) is 0 Å². The van der Waals surface area contributed by atoms with E-state index in [0.29, 0.717) is 13.1 Å². The maximum atomic E-state index is 12.4. The fourth-order valence-electron chi connectivity index (χ4n) is 3.22. The number of thiazole rings is 1. The minimum absolute atomic E-state index is 0.128. The fraction of sp³-hybridized carbons (Fsp3) is 0.217. The molecule has 0 saturated heterocycles. The lowest BCUT2D eigenvalue weighted by Gasteiger charge is -2.11. The first-order valence-electron chi connectivity index (χ1n) is 9.89. The Bertz CT molecular complexity index is 1050. The predicted octanol–water partition coefficient (Wildman–Crippen LogP) is 3.84. The van der Waals surface area contributed by atoms with Gasteiger partial charge in [-0.05, 0) is 5.56 Å². The van der Waals surface area contributed by atoms with Crippen molar-refractivity contribution < 1.29 is 9.59 Å². The van der Waals surface area contributed by atoms with Gasteiger partial charge in [-0.2, -0.15) is 5.10 Å². The van der Waals surface area contributed by atoms with Crippen LogP contribution in [0, 0.1) is 0 Å². The van der Waals surface area contributed by atoms with Gasteiger partial charge < -0.3 is 5.32 Å². The SMILES string of the molecule is O=C(CCC(=O)N1CCC(c2ccccc2)=N1)NCc1nc(-c2ccccc2)cs1. The number of rotatable bonds is 7. The first kappa shape index (κ1) is 20.0. The van der Waals surface area contributed by atoms with Gasteiger partial charge >= 0.3 is 0 Å². The number of benzene rings is 2. The molecule has 30 heavy (non-hydrogen) atoms. The highest BCUT2D eigenvalue weighted by Gasteiger charge is 2.21. The van der Waals surface area contributed by atoms with E-state index in [1.54, 1.807) is 0 Å². The lowest BCUT2D eigenvalue weighted by molar-refractivity contribution is -0.133. The molecule has 0 spiro atoms. The van der Waals surface area contributed by atoms with Crippen LogP contribution in [0.4, 0.5) is 0 Å². The van der Waals surface area contributed by atoms with Crippen molar-refractivity contribution in [1.29, 1.82) is 0 Å². The monoisotopic (exact) mass is 418 g/mol. The van der Waals surface area contributed by atoms with Crippen molar-refractivity contribution >= 4 is 28.9 Å². The summed E-state index contributed by atoms with van der Waals surface area (Å²) in [6.07, 6.45) is 1.02. The molecule has 1 aliphatic rings. The van der Waals surface area contributed by atoms with Gasteiger partial charge in [0.25, 0.3) is 0 Å². The van der Waals surface area contributed by atoms with Gasteiger partial charge in [-0.1, -0.05) is 60.7 Å². The fourth-order valence-corrected chi connectivity index (χ4v) is 3.96. The first-order valence-corrected chi connectivity index (χ1v) is 10.8. The summed E-state index contributed by atoms with van der Waals surface area (Å²) in [5.74, 6) is -0.289. The van der Waals surface area contributed by atoms with Crippen LogP contribution in [0.25, 0.3) is 11.3 Å². The van der Waals surface area contributed by atoms with Gasteiger partial charge in [0.1, 0.15) is 5.01 Å². The Labute approximate surface area is 179 Å². The average Bonchev–Trinajstić information content (AvgIpc) is 3.47. The van der Waals surface area contributed by atoms with Gasteiger partial charge in [0.15, 0.2) is 0 Å². The van der Waals surface area contributed by atoms with E-state index in [1.807, 2.05) is 66.0 Å². The second-order valence-corrected chi connectivity index (χ2v) is 7.89. The molecule has 0 fully saturated rings. The molecule has 0 radical (unpaired) electrons. The van der Waals surface area contributed by atoms with E-state index in [4.69, 9.17) is 0 Å². The van der Waals surface area contributed by atoms with E-state index >= 15 is 0 Å². The Hall–Kier alpha value is -3.32. The second-order valence-electron chi connectivity index (χ2n) is 6.95. The standard InChI is InChI=1S/C23H22N4O2S/c28-21(24-15-22-25-20(16-30-22)18-9-5-2-6-10-18)11-12-23(29)27-14-13-19(26-27)17-7-3-1-4-8-17/h1-10,16H,11-15H2,(H,24,28). The van der Waals surface area contributed by atoms with E-state index in [-0.39, 0.29) is 24.7 Å². The average molecular weight is 419 g/mol. The highest BCUT2D eigenvalue weighted by Crippen LogP contribution is 2.21. The van der Waals surface area contributed by atoms with Crippen molar-refractivity contribution in [3.05, 3.63) is 76.6 Å². The summed E-state index contributed by atoms with van der Waals surface area (Å²) in [4.78, 5) is 29.1. The predicted molar refractivity (Wildman–Crippen MR) is 118 cm³/mol. The summed E-state index contributed by atoms with van der Waals surface area (Å²) in [6.45, 7) is 0.927. The van der Waals surface area contributed by atoms with Crippen LogP contribution in [-0.2, 0) is 16.1 Å². The van der Waals surface area contributed by atoms with Gasteiger partial charge in [0, 0.05) is 30.2 Å². The van der Waals surface area contributed by atoms with Crippen LogP contribution >= 0.6 is 11.3 Å². The molecule has 0 aliphatic carbocycles. The molecule has 0 unspecified atom stereocenters. The third-order valence-corrected chi connectivity index (χ3v) is 5.67. The van der Waals surface area contributed by atoms with Crippen LogP contribution in [0.15, 0.2) is 71.1 Å². The molecule has 0 atom stereocenters. The lowest BCUT2D eigenvalue weighted by Crippen LogP contribution is -2.27. The number of carbonyl (C=O) groups is 2. The number of nitrogens with zero attached hydrogens (tertiary/aromatic N) is 3. The van der Waals surface area contributed by atoms with Gasteiger partial charge in [0.2, 0.25) is 11.8 Å². The Balaban J connectivity index is 1.23. The van der Waals surface area contributed by atoms with Crippen molar-refractivity contribution in [3.63, 3.8) is 0 Å². The van der Waals surface area contributed by atoms with Crippen LogP contribution in [0.2, 0.25) is 0 Å². The quantitative estimate of drug-likeness (QED) is 0.633. The summed E-state index contributed by atoms with van der Waals surface area (Å²) in [5, 5.41) is 11.6. The summed E-state index contributed by atoms with van der Waals surface area (Å²) in [7, 11) is 0. The van der Waals surface area contributed by atoms with Crippen molar-refractivity contribution in [2.75, 3.05) is 6.54 Å². The normalized spacial score (nSPS) is 13.2. The summed E-state index contributed by atoms with van der Waals surface area (Å²) in [5.41, 5.74) is 3.90. The molecule has 1 aliphatic heterocycles. The molecule has 1 N–H and O–H groups in total. The molecule has 0 bridgehead atoms. The smallest absolute Gasteiger partial charge is 0.243 e. The Morgan fingerprint density at radius 2 is 1.67 bits per heavy atom. The zero-order valence-corrected chi connectivity index (χ0v) is 17.3. The summed E-state index contributed by atoms with van der Waals surface area (Å²) in [6, 6.07) is 19.8. The number of hydrogen-bond donors (Lipinski definition) is 1. The Morgan fingerprint density at radius 1 is 0.967 bits per heavy atom. The number of nitrogens with one attached hydrogen (secondary N) is 1. The van der Waals surface area contributed by atoms with E-state index in [2.05, 4.69) is 15.4 Å². The molecule has 0 saturated carbocycles. The van der Waals surface area contributed by atoms with E-state index < -0.39 is 0 Å². The molecule has 2 heterocycles. The largest absolute Gasteiger partial charge is 0.350 e. The topological polar surface area (TPSA) is 74.7 Å². The molecule has 6 nitrogen and oxygen atoms in total. The first-order chi connectivity index (χ1) is 14.7. The van der Waals surface area contributed by atoms with E-state index in [1.165, 1.54) is 16.3 Å². The van der Waals surface area contributed by atoms with Gasteiger partial charge in [-0.25, -0.2) is 9.99 Å². The third kappa shape index (κ3) is 4.99. The van der Waals surface area contributed by atoms with Crippen molar-refractivity contribution in [1.82, 2.24) is 15.3 Å². The molecule has 7 heteroatoms. The Morgan fingerprint density at radius 3 is 2.40 bits per heavy atom. The molecule has 152 valence electrons. The zero-order chi connectivity index (χ0) is 20.8. The number of hydrogen-bond acceptors (Lipinski definition) is 5.